The van der Waals surface area contributed by atoms with E-state index in [1.807, 2.05) is 54.6 Å². The lowest BCUT2D eigenvalue weighted by Gasteiger charge is -2.05. The number of nitrogens with one attached hydrogen (secondary N) is 1. The van der Waals surface area contributed by atoms with Gasteiger partial charge in [-0.05, 0) is 36.4 Å². The van der Waals surface area contributed by atoms with E-state index in [4.69, 9.17) is 0 Å². The van der Waals surface area contributed by atoms with Gasteiger partial charge in [0.2, 0.25) is 0 Å². The summed E-state index contributed by atoms with van der Waals surface area (Å²) in [6, 6.07) is 18.0. The Labute approximate surface area is 89.2 Å². The van der Waals surface area contributed by atoms with Gasteiger partial charge < -0.3 is 5.32 Å². The van der Waals surface area contributed by atoms with E-state index in [-0.39, 0.29) is 0 Å². The second-order valence-corrected chi connectivity index (χ2v) is 3.55. The average Bonchev–Trinajstić information content (AvgIpc) is 2.23. The van der Waals surface area contributed by atoms with Crippen molar-refractivity contribution in [3.05, 3.63) is 54.6 Å². The van der Waals surface area contributed by atoms with Crippen molar-refractivity contribution >= 4 is 24.0 Å². The highest BCUT2D eigenvalue weighted by Gasteiger charge is 1.92. The second-order valence-electron chi connectivity index (χ2n) is 3.04. The Morgan fingerprint density at radius 3 is 1.93 bits per heavy atom. The van der Waals surface area contributed by atoms with Crippen molar-refractivity contribution in [2.75, 3.05) is 5.32 Å². The molecule has 2 aromatic rings. The summed E-state index contributed by atoms with van der Waals surface area (Å²) in [6.45, 7) is 0. The molecule has 0 saturated carbocycles. The van der Waals surface area contributed by atoms with Crippen molar-refractivity contribution in [1.29, 1.82) is 0 Å². The van der Waals surface area contributed by atoms with Crippen LogP contribution in [0.15, 0.2) is 59.5 Å². The molecule has 0 fully saturated rings. The van der Waals surface area contributed by atoms with E-state index in [0.717, 1.165) is 16.3 Å². The maximum atomic E-state index is 4.23. The summed E-state index contributed by atoms with van der Waals surface area (Å²) in [6.07, 6.45) is 0. The summed E-state index contributed by atoms with van der Waals surface area (Å²) >= 11 is 4.23. The third kappa shape index (κ3) is 2.30. The van der Waals surface area contributed by atoms with Crippen LogP contribution in [0, 0.1) is 0 Å². The Balaban J connectivity index is 2.16. The summed E-state index contributed by atoms with van der Waals surface area (Å²) in [5.74, 6) is 0. The third-order valence-electron chi connectivity index (χ3n) is 1.93. The molecule has 0 aliphatic heterocycles. The first-order valence-corrected chi connectivity index (χ1v) is 4.90. The molecule has 2 aromatic carbocycles. The van der Waals surface area contributed by atoms with Gasteiger partial charge in [-0.25, -0.2) is 0 Å². The monoisotopic (exact) mass is 201 g/mol. The van der Waals surface area contributed by atoms with Crippen LogP contribution in [0.3, 0.4) is 0 Å². The van der Waals surface area contributed by atoms with Crippen molar-refractivity contribution in [1.82, 2.24) is 0 Å². The van der Waals surface area contributed by atoms with Gasteiger partial charge >= 0.3 is 0 Å². The van der Waals surface area contributed by atoms with Crippen LogP contribution in [0.5, 0.6) is 0 Å². The average molecular weight is 201 g/mol. The van der Waals surface area contributed by atoms with Crippen LogP contribution >= 0.6 is 12.6 Å². The fourth-order valence-corrected chi connectivity index (χ4v) is 1.38. The highest BCUT2D eigenvalue weighted by atomic mass is 32.1. The summed E-state index contributed by atoms with van der Waals surface area (Å²) in [7, 11) is 0. The van der Waals surface area contributed by atoms with Gasteiger partial charge in [0, 0.05) is 16.3 Å². The van der Waals surface area contributed by atoms with Gasteiger partial charge in [0.25, 0.3) is 0 Å². The number of rotatable bonds is 2. The van der Waals surface area contributed by atoms with Gasteiger partial charge in [0.15, 0.2) is 0 Å². The molecule has 0 aliphatic carbocycles. The van der Waals surface area contributed by atoms with Crippen LogP contribution in [0.25, 0.3) is 0 Å². The lowest BCUT2D eigenvalue weighted by atomic mass is 10.3. The lowest BCUT2D eigenvalue weighted by molar-refractivity contribution is 1.45. The smallest absolute Gasteiger partial charge is 0.0384 e. The molecule has 0 aliphatic rings. The van der Waals surface area contributed by atoms with E-state index in [0.29, 0.717) is 0 Å². The Morgan fingerprint density at radius 1 is 0.714 bits per heavy atom. The van der Waals surface area contributed by atoms with E-state index in [2.05, 4.69) is 17.9 Å². The molecular weight excluding hydrogens is 190 g/mol. The Kier molecular flexibility index (Phi) is 2.75. The molecule has 0 amide bonds. The SMILES string of the molecule is Sc1ccc(Nc2ccccc2)cc1. The predicted octanol–water partition coefficient (Wildman–Crippen LogP) is 3.72. The second kappa shape index (κ2) is 4.20. The molecular formula is C12H11NS. The molecule has 14 heavy (non-hydrogen) atoms. The molecule has 0 bridgehead atoms. The molecule has 0 aromatic heterocycles. The van der Waals surface area contributed by atoms with Crippen molar-refractivity contribution in [3.63, 3.8) is 0 Å². The third-order valence-corrected chi connectivity index (χ3v) is 2.23. The van der Waals surface area contributed by atoms with E-state index in [1.54, 1.807) is 0 Å². The summed E-state index contributed by atoms with van der Waals surface area (Å²) in [4.78, 5) is 0.976. The largest absolute Gasteiger partial charge is 0.356 e. The molecule has 0 radical (unpaired) electrons. The number of benzene rings is 2. The van der Waals surface area contributed by atoms with Gasteiger partial charge in [0.05, 0.1) is 0 Å². The molecule has 1 nitrogen and oxygen atoms in total. The van der Waals surface area contributed by atoms with E-state index >= 15 is 0 Å². The predicted molar refractivity (Wildman–Crippen MR) is 63.4 cm³/mol. The van der Waals surface area contributed by atoms with Crippen molar-refractivity contribution in [2.24, 2.45) is 0 Å². The molecule has 0 saturated heterocycles. The molecule has 0 heterocycles. The highest BCUT2D eigenvalue weighted by molar-refractivity contribution is 7.80. The minimum absolute atomic E-state index is 0.976. The molecule has 1 N–H and O–H groups in total. The van der Waals surface area contributed by atoms with Gasteiger partial charge in [-0.2, -0.15) is 0 Å². The van der Waals surface area contributed by atoms with Gasteiger partial charge in [-0.15, -0.1) is 12.6 Å². The zero-order valence-corrected chi connectivity index (χ0v) is 8.54. The van der Waals surface area contributed by atoms with Crippen molar-refractivity contribution < 1.29 is 0 Å². The lowest BCUT2D eigenvalue weighted by Crippen LogP contribution is -1.88. The fourth-order valence-electron chi connectivity index (χ4n) is 1.23. The maximum Gasteiger partial charge on any atom is 0.0384 e. The molecule has 0 spiro atoms. The van der Waals surface area contributed by atoms with Crippen LogP contribution in [-0.4, -0.2) is 0 Å². The van der Waals surface area contributed by atoms with E-state index in [9.17, 15) is 0 Å². The zero-order valence-electron chi connectivity index (χ0n) is 7.64. The number of thiol groups is 1. The minimum Gasteiger partial charge on any atom is -0.356 e. The van der Waals surface area contributed by atoms with Crippen LogP contribution in [-0.2, 0) is 0 Å². The Hall–Kier alpha value is -1.41. The number of anilines is 2. The topological polar surface area (TPSA) is 12.0 Å². The number of para-hydroxylation sites is 1. The van der Waals surface area contributed by atoms with Crippen LogP contribution < -0.4 is 5.32 Å². The Bertz CT molecular complexity index is 394. The first-order chi connectivity index (χ1) is 6.84. The van der Waals surface area contributed by atoms with Gasteiger partial charge in [0.1, 0.15) is 0 Å². The zero-order chi connectivity index (χ0) is 9.80. The first-order valence-electron chi connectivity index (χ1n) is 4.46. The minimum atomic E-state index is 0.976. The van der Waals surface area contributed by atoms with Gasteiger partial charge in [-0.3, -0.25) is 0 Å². The molecule has 70 valence electrons. The van der Waals surface area contributed by atoms with Crippen molar-refractivity contribution in [3.8, 4) is 0 Å². The van der Waals surface area contributed by atoms with Gasteiger partial charge in [-0.1, -0.05) is 18.2 Å². The standard InChI is InChI=1S/C12H11NS/c14-12-8-6-11(7-9-12)13-10-4-2-1-3-5-10/h1-9,13-14H. The highest BCUT2D eigenvalue weighted by Crippen LogP contribution is 2.17. The quantitative estimate of drug-likeness (QED) is 0.706. The van der Waals surface area contributed by atoms with Crippen LogP contribution in [0.1, 0.15) is 0 Å². The molecule has 0 atom stereocenters. The fraction of sp³-hybridized carbons (Fsp3) is 0. The summed E-state index contributed by atoms with van der Waals surface area (Å²) in [5.41, 5.74) is 2.17. The Morgan fingerprint density at radius 2 is 1.29 bits per heavy atom. The normalized spacial score (nSPS) is 9.79. The van der Waals surface area contributed by atoms with E-state index in [1.165, 1.54) is 0 Å². The first kappa shape index (κ1) is 9.16. The molecule has 0 unspecified atom stereocenters. The number of hydrogen-bond donors (Lipinski definition) is 2. The maximum absolute atomic E-state index is 4.23. The van der Waals surface area contributed by atoms with Crippen LogP contribution in [0.2, 0.25) is 0 Å². The van der Waals surface area contributed by atoms with E-state index < -0.39 is 0 Å². The summed E-state index contributed by atoms with van der Waals surface area (Å²) in [5, 5.41) is 3.30. The molecule has 2 heteroatoms. The van der Waals surface area contributed by atoms with Crippen molar-refractivity contribution in [2.45, 2.75) is 4.90 Å². The summed E-state index contributed by atoms with van der Waals surface area (Å²) < 4.78 is 0. The number of hydrogen-bond acceptors (Lipinski definition) is 2. The van der Waals surface area contributed by atoms with Crippen LogP contribution in [0.4, 0.5) is 11.4 Å². The molecule has 2 rings (SSSR count).